The normalized spacial score (nSPS) is 17.4. The Morgan fingerprint density at radius 1 is 1.44 bits per heavy atom. The van der Waals surface area contributed by atoms with Crippen molar-refractivity contribution in [3.05, 3.63) is 30.3 Å². The molecule has 1 fully saturated rings. The largest absolute Gasteiger partial charge is 0.437 e. The predicted molar refractivity (Wildman–Crippen MR) is 62.4 cm³/mol. The van der Waals surface area contributed by atoms with Gasteiger partial charge in [0.15, 0.2) is 0 Å². The first-order valence-corrected chi connectivity index (χ1v) is 5.63. The van der Waals surface area contributed by atoms with Crippen LogP contribution in [0.25, 0.3) is 0 Å². The van der Waals surface area contributed by atoms with Crippen LogP contribution < -0.4 is 5.32 Å². The van der Waals surface area contributed by atoms with E-state index in [1.165, 1.54) is 11.8 Å². The van der Waals surface area contributed by atoms with Crippen molar-refractivity contribution < 1.29 is 14.4 Å². The lowest BCUT2D eigenvalue weighted by Crippen LogP contribution is -2.11. The van der Waals surface area contributed by atoms with E-state index in [0.29, 0.717) is 23.3 Å². The Bertz CT molecular complexity index is 386. The lowest BCUT2D eigenvalue weighted by atomic mass is 10.3. The van der Waals surface area contributed by atoms with Gasteiger partial charge in [0, 0.05) is 5.69 Å². The maximum absolute atomic E-state index is 11.3. The number of nitrogens with one attached hydrogen (secondary N) is 1. The Kier molecular flexibility index (Phi) is 3.79. The number of para-hydroxylation sites is 1. The second-order valence-corrected chi connectivity index (χ2v) is 3.96. The van der Waals surface area contributed by atoms with Crippen molar-refractivity contribution in [1.82, 2.24) is 0 Å². The molecule has 6 heteroatoms. The molecule has 1 N–H and O–H groups in total. The van der Waals surface area contributed by atoms with E-state index in [-0.39, 0.29) is 0 Å². The summed E-state index contributed by atoms with van der Waals surface area (Å²) in [6.07, 6.45) is -0.605. The fourth-order valence-electron chi connectivity index (χ4n) is 1.09. The molecule has 1 saturated heterocycles. The predicted octanol–water partition coefficient (Wildman–Crippen LogP) is 2.27. The van der Waals surface area contributed by atoms with Gasteiger partial charge in [0.25, 0.3) is 0 Å². The van der Waals surface area contributed by atoms with Gasteiger partial charge in [0.1, 0.15) is 5.04 Å². The Labute approximate surface area is 96.8 Å². The molecule has 2 rings (SSSR count). The van der Waals surface area contributed by atoms with E-state index in [9.17, 15) is 4.79 Å². The van der Waals surface area contributed by atoms with Crippen LogP contribution in [0.4, 0.5) is 10.5 Å². The monoisotopic (exact) mass is 238 g/mol. The summed E-state index contributed by atoms with van der Waals surface area (Å²) in [5.41, 5.74) is 0.669. The summed E-state index contributed by atoms with van der Waals surface area (Å²) in [5.74, 6) is 0.558. The van der Waals surface area contributed by atoms with Crippen molar-refractivity contribution in [2.24, 2.45) is 5.16 Å². The van der Waals surface area contributed by atoms with Gasteiger partial charge in [-0.15, -0.1) is 0 Å². The van der Waals surface area contributed by atoms with E-state index < -0.39 is 6.09 Å². The van der Waals surface area contributed by atoms with E-state index in [2.05, 4.69) is 15.3 Å². The van der Waals surface area contributed by atoms with E-state index in [4.69, 9.17) is 4.74 Å². The lowest BCUT2D eigenvalue weighted by Gasteiger charge is -2.01. The number of amides is 1. The van der Waals surface area contributed by atoms with Crippen molar-refractivity contribution in [3.8, 4) is 0 Å². The third-order valence-electron chi connectivity index (χ3n) is 1.78. The van der Waals surface area contributed by atoms with Gasteiger partial charge in [-0.1, -0.05) is 35.1 Å². The smallest absolute Gasteiger partial charge is 0.363 e. The summed E-state index contributed by atoms with van der Waals surface area (Å²) in [5, 5.41) is 6.88. The maximum atomic E-state index is 11.3. The number of carbonyl (C=O) groups is 1. The molecule has 1 heterocycles. The van der Waals surface area contributed by atoms with Crippen LogP contribution in [-0.4, -0.2) is 23.7 Å². The molecule has 5 nitrogen and oxygen atoms in total. The van der Waals surface area contributed by atoms with Gasteiger partial charge in [0.2, 0.25) is 0 Å². The Morgan fingerprint density at radius 2 is 2.25 bits per heavy atom. The van der Waals surface area contributed by atoms with Crippen LogP contribution in [0.1, 0.15) is 0 Å². The Morgan fingerprint density at radius 3 is 2.94 bits per heavy atom. The molecule has 84 valence electrons. The molecule has 0 radical (unpaired) electrons. The van der Waals surface area contributed by atoms with E-state index in [1.54, 1.807) is 12.1 Å². The average molecular weight is 238 g/mol. The molecule has 0 spiro atoms. The number of hydrogen-bond donors (Lipinski definition) is 1. The Hall–Kier alpha value is -1.53. The summed E-state index contributed by atoms with van der Waals surface area (Å²) in [7, 11) is 0. The van der Waals surface area contributed by atoms with Crippen LogP contribution in [0.3, 0.4) is 0 Å². The van der Waals surface area contributed by atoms with Crippen LogP contribution >= 0.6 is 11.8 Å². The van der Waals surface area contributed by atoms with E-state index in [0.717, 1.165) is 0 Å². The van der Waals surface area contributed by atoms with Gasteiger partial charge in [-0.25, -0.2) is 4.79 Å². The highest BCUT2D eigenvalue weighted by molar-refractivity contribution is 8.14. The van der Waals surface area contributed by atoms with Gasteiger partial charge >= 0.3 is 6.09 Å². The second kappa shape index (κ2) is 5.53. The molecule has 1 aliphatic rings. The topological polar surface area (TPSA) is 59.9 Å². The third kappa shape index (κ3) is 3.25. The van der Waals surface area contributed by atoms with E-state index >= 15 is 0 Å². The first-order chi connectivity index (χ1) is 7.84. The fraction of sp³-hybridized carbons (Fsp3) is 0.200. The number of carbonyl (C=O) groups excluding carboxylic acids is 1. The summed E-state index contributed by atoms with van der Waals surface area (Å²) in [4.78, 5) is 15.9. The van der Waals surface area contributed by atoms with Gasteiger partial charge in [-0.05, 0) is 12.1 Å². The molecule has 0 saturated carbocycles. The molecular weight excluding hydrogens is 228 g/mol. The number of anilines is 1. The molecule has 0 aliphatic carbocycles. The Balaban J connectivity index is 1.82. The van der Waals surface area contributed by atoms with Crippen LogP contribution in [0.2, 0.25) is 0 Å². The zero-order chi connectivity index (χ0) is 11.2. The quantitative estimate of drug-likeness (QED) is 0.634. The molecule has 1 aromatic carbocycles. The second-order valence-electron chi connectivity index (χ2n) is 2.97. The van der Waals surface area contributed by atoms with Crippen molar-refractivity contribution >= 4 is 28.6 Å². The highest BCUT2D eigenvalue weighted by Gasteiger charge is 2.11. The molecule has 0 atom stereocenters. The first-order valence-electron chi connectivity index (χ1n) is 4.65. The van der Waals surface area contributed by atoms with Crippen LogP contribution in [0, 0.1) is 0 Å². The van der Waals surface area contributed by atoms with Crippen molar-refractivity contribution in [1.29, 1.82) is 0 Å². The van der Waals surface area contributed by atoms with Gasteiger partial charge in [-0.3, -0.25) is 10.2 Å². The van der Waals surface area contributed by atoms with Gasteiger partial charge in [0.05, 0.1) is 12.5 Å². The minimum Gasteiger partial charge on any atom is -0.363 e. The van der Waals surface area contributed by atoms with Crippen LogP contribution in [-0.2, 0) is 9.57 Å². The minimum atomic E-state index is -0.605. The molecule has 0 aromatic heterocycles. The lowest BCUT2D eigenvalue weighted by molar-refractivity contribution is 0.165. The third-order valence-corrected chi connectivity index (χ3v) is 2.60. The maximum Gasteiger partial charge on any atom is 0.437 e. The van der Waals surface area contributed by atoms with E-state index in [1.807, 2.05) is 18.2 Å². The van der Waals surface area contributed by atoms with Crippen LogP contribution in [0.15, 0.2) is 35.5 Å². The number of ether oxygens (including phenoxy) is 1. The van der Waals surface area contributed by atoms with Crippen molar-refractivity contribution in [2.45, 2.75) is 0 Å². The molecular formula is C10H10N2O3S. The summed E-state index contributed by atoms with van der Waals surface area (Å²) in [6.45, 7) is 0.406. The number of oxime groups is 1. The molecule has 16 heavy (non-hydrogen) atoms. The highest BCUT2D eigenvalue weighted by Crippen LogP contribution is 2.13. The summed E-state index contributed by atoms with van der Waals surface area (Å²) < 4.78 is 5.03. The zero-order valence-corrected chi connectivity index (χ0v) is 9.20. The van der Waals surface area contributed by atoms with Gasteiger partial charge in [-0.2, -0.15) is 0 Å². The van der Waals surface area contributed by atoms with Crippen molar-refractivity contribution in [2.75, 3.05) is 17.9 Å². The number of rotatable bonds is 2. The number of nitrogens with zero attached hydrogens (tertiary/aromatic N) is 1. The highest BCUT2D eigenvalue weighted by atomic mass is 32.2. The summed E-state index contributed by atoms with van der Waals surface area (Å²) >= 11 is 1.41. The first kappa shape index (κ1) is 11.0. The molecule has 1 aliphatic heterocycles. The SMILES string of the molecule is O=C(Nc1ccccc1)O/N=C1\COCS1. The molecule has 1 aromatic rings. The van der Waals surface area contributed by atoms with Crippen molar-refractivity contribution in [3.63, 3.8) is 0 Å². The number of benzene rings is 1. The number of hydrogen-bond acceptors (Lipinski definition) is 5. The summed E-state index contributed by atoms with van der Waals surface area (Å²) in [6, 6.07) is 9.04. The fourth-order valence-corrected chi connectivity index (χ4v) is 1.65. The number of thioether (sulfide) groups is 1. The zero-order valence-electron chi connectivity index (χ0n) is 8.38. The van der Waals surface area contributed by atoms with Gasteiger partial charge < -0.3 is 4.74 Å². The molecule has 1 amide bonds. The standard InChI is InChI=1S/C10H10N2O3S/c13-10(11-8-4-2-1-3-5-8)15-12-9-6-14-7-16-9/h1-5H,6-7H2,(H,11,13)/b12-9+. The van der Waals surface area contributed by atoms with Crippen LogP contribution in [0.5, 0.6) is 0 Å². The minimum absolute atomic E-state index is 0.406. The molecule has 0 unspecified atom stereocenters. The molecule has 0 bridgehead atoms. The average Bonchev–Trinajstić information content (AvgIpc) is 2.81.